The van der Waals surface area contributed by atoms with Gasteiger partial charge in [0, 0.05) is 29.8 Å². The van der Waals surface area contributed by atoms with E-state index in [1.165, 1.54) is 5.56 Å². The van der Waals surface area contributed by atoms with Crippen LogP contribution in [-0.4, -0.2) is 16.5 Å². The second kappa shape index (κ2) is 5.14. The van der Waals surface area contributed by atoms with E-state index in [1.807, 2.05) is 30.5 Å². The van der Waals surface area contributed by atoms with E-state index in [1.54, 1.807) is 0 Å². The Bertz CT molecular complexity index is 448. The molecule has 2 rings (SSSR count). The molecule has 0 fully saturated rings. The van der Waals surface area contributed by atoms with Crippen LogP contribution in [0.25, 0.3) is 0 Å². The molecule has 2 aromatic rings. The monoisotopic (exact) mass is 235 g/mol. The summed E-state index contributed by atoms with van der Waals surface area (Å²) in [5.74, 6) is 0.964. The molecule has 0 aliphatic rings. The Labute approximate surface area is 99.7 Å². The molecule has 0 aliphatic carbocycles. The molecule has 16 heavy (non-hydrogen) atoms. The van der Waals surface area contributed by atoms with Crippen molar-refractivity contribution in [1.82, 2.24) is 9.97 Å². The van der Waals surface area contributed by atoms with Crippen LogP contribution in [0.2, 0.25) is 5.02 Å². The van der Waals surface area contributed by atoms with Gasteiger partial charge in [0.05, 0.1) is 0 Å². The van der Waals surface area contributed by atoms with Gasteiger partial charge in [-0.3, -0.25) is 0 Å². The molecule has 0 radical (unpaired) electrons. The van der Waals surface area contributed by atoms with Crippen molar-refractivity contribution in [2.24, 2.45) is 5.73 Å². The van der Waals surface area contributed by atoms with Gasteiger partial charge in [-0.15, -0.1) is 0 Å². The third kappa shape index (κ3) is 2.84. The Morgan fingerprint density at radius 1 is 1.25 bits per heavy atom. The lowest BCUT2D eigenvalue weighted by Crippen LogP contribution is -2.02. The maximum absolute atomic E-state index is 5.82. The Morgan fingerprint density at radius 2 is 2.00 bits per heavy atom. The standard InChI is InChI=1S/C12H14ClN3/c13-10-3-1-9(2-4-10)7-12-15-8-11(16-12)5-6-14/h1-4,8H,5-7,14H2,(H,15,16). The van der Waals surface area contributed by atoms with Crippen molar-refractivity contribution >= 4 is 11.6 Å². The van der Waals surface area contributed by atoms with Crippen LogP contribution in [0.1, 0.15) is 17.1 Å². The first kappa shape index (κ1) is 11.2. The SMILES string of the molecule is NCCc1cnc(Cc2ccc(Cl)cc2)[nH]1. The number of imidazole rings is 1. The summed E-state index contributed by atoms with van der Waals surface area (Å²) in [4.78, 5) is 7.56. The lowest BCUT2D eigenvalue weighted by atomic mass is 10.1. The molecule has 3 nitrogen and oxygen atoms in total. The number of halogens is 1. The normalized spacial score (nSPS) is 10.6. The number of aromatic amines is 1. The van der Waals surface area contributed by atoms with Gasteiger partial charge in [-0.1, -0.05) is 23.7 Å². The zero-order valence-electron chi connectivity index (χ0n) is 8.91. The number of benzene rings is 1. The zero-order valence-corrected chi connectivity index (χ0v) is 9.67. The summed E-state index contributed by atoms with van der Waals surface area (Å²) in [7, 11) is 0. The van der Waals surface area contributed by atoms with E-state index >= 15 is 0 Å². The Balaban J connectivity index is 2.05. The number of nitrogens with two attached hydrogens (primary N) is 1. The van der Waals surface area contributed by atoms with Crippen molar-refractivity contribution in [3.05, 3.63) is 52.6 Å². The molecule has 0 spiro atoms. The molecule has 1 aromatic heterocycles. The molecule has 0 saturated heterocycles. The second-order valence-corrected chi connectivity index (χ2v) is 4.13. The maximum Gasteiger partial charge on any atom is 0.110 e. The van der Waals surface area contributed by atoms with Gasteiger partial charge in [0.25, 0.3) is 0 Å². The number of H-pyrrole nitrogens is 1. The summed E-state index contributed by atoms with van der Waals surface area (Å²) < 4.78 is 0. The van der Waals surface area contributed by atoms with Crippen LogP contribution in [0.15, 0.2) is 30.5 Å². The largest absolute Gasteiger partial charge is 0.346 e. The topological polar surface area (TPSA) is 54.7 Å². The van der Waals surface area contributed by atoms with E-state index in [2.05, 4.69) is 9.97 Å². The summed E-state index contributed by atoms with van der Waals surface area (Å²) in [5.41, 5.74) is 7.76. The van der Waals surface area contributed by atoms with E-state index in [-0.39, 0.29) is 0 Å². The van der Waals surface area contributed by atoms with Gasteiger partial charge < -0.3 is 10.7 Å². The molecular formula is C12H14ClN3. The number of hydrogen-bond acceptors (Lipinski definition) is 2. The average molecular weight is 236 g/mol. The molecule has 0 aliphatic heterocycles. The first-order valence-corrected chi connectivity index (χ1v) is 5.63. The van der Waals surface area contributed by atoms with E-state index < -0.39 is 0 Å². The number of rotatable bonds is 4. The molecule has 0 saturated carbocycles. The zero-order chi connectivity index (χ0) is 11.4. The van der Waals surface area contributed by atoms with Gasteiger partial charge in [0.15, 0.2) is 0 Å². The predicted octanol–water partition coefficient (Wildman–Crippen LogP) is 2.16. The minimum Gasteiger partial charge on any atom is -0.346 e. The second-order valence-electron chi connectivity index (χ2n) is 3.70. The van der Waals surface area contributed by atoms with Crippen molar-refractivity contribution in [2.75, 3.05) is 6.54 Å². The minimum atomic E-state index is 0.641. The van der Waals surface area contributed by atoms with Gasteiger partial charge in [0.2, 0.25) is 0 Å². The summed E-state index contributed by atoms with van der Waals surface area (Å²) >= 11 is 5.82. The molecule has 0 bridgehead atoms. The van der Waals surface area contributed by atoms with Gasteiger partial charge >= 0.3 is 0 Å². The lowest BCUT2D eigenvalue weighted by Gasteiger charge is -1.98. The van der Waals surface area contributed by atoms with E-state index in [0.29, 0.717) is 6.54 Å². The van der Waals surface area contributed by atoms with E-state index in [4.69, 9.17) is 17.3 Å². The third-order valence-corrected chi connectivity index (χ3v) is 2.63. The fraction of sp³-hybridized carbons (Fsp3) is 0.250. The molecule has 0 atom stereocenters. The molecule has 3 N–H and O–H groups in total. The minimum absolute atomic E-state index is 0.641. The first-order valence-electron chi connectivity index (χ1n) is 5.25. The fourth-order valence-corrected chi connectivity index (χ4v) is 1.70. The van der Waals surface area contributed by atoms with Crippen LogP contribution in [0.3, 0.4) is 0 Å². The van der Waals surface area contributed by atoms with Crippen LogP contribution in [0.5, 0.6) is 0 Å². The van der Waals surface area contributed by atoms with E-state index in [0.717, 1.165) is 29.4 Å². The van der Waals surface area contributed by atoms with Crippen molar-refractivity contribution in [3.63, 3.8) is 0 Å². The molecule has 0 unspecified atom stereocenters. The van der Waals surface area contributed by atoms with Crippen molar-refractivity contribution in [2.45, 2.75) is 12.8 Å². The van der Waals surface area contributed by atoms with Gasteiger partial charge in [-0.05, 0) is 24.2 Å². The Hall–Kier alpha value is -1.32. The average Bonchev–Trinajstić information content (AvgIpc) is 2.70. The number of hydrogen-bond donors (Lipinski definition) is 2. The van der Waals surface area contributed by atoms with Crippen LogP contribution in [0.4, 0.5) is 0 Å². The summed E-state index contributed by atoms with van der Waals surface area (Å²) in [5, 5.41) is 0.756. The van der Waals surface area contributed by atoms with Crippen molar-refractivity contribution < 1.29 is 0 Å². The maximum atomic E-state index is 5.82. The lowest BCUT2D eigenvalue weighted by molar-refractivity contribution is 0.919. The first-order chi connectivity index (χ1) is 7.78. The molecule has 1 aromatic carbocycles. The quantitative estimate of drug-likeness (QED) is 0.853. The Kier molecular flexibility index (Phi) is 3.59. The van der Waals surface area contributed by atoms with Crippen LogP contribution >= 0.6 is 11.6 Å². The number of nitrogens with one attached hydrogen (secondary N) is 1. The van der Waals surface area contributed by atoms with Gasteiger partial charge in [0.1, 0.15) is 5.82 Å². The fourth-order valence-electron chi connectivity index (χ4n) is 1.57. The van der Waals surface area contributed by atoms with Crippen LogP contribution in [-0.2, 0) is 12.8 Å². The highest BCUT2D eigenvalue weighted by Crippen LogP contribution is 2.12. The van der Waals surface area contributed by atoms with E-state index in [9.17, 15) is 0 Å². The van der Waals surface area contributed by atoms with Crippen LogP contribution in [0, 0.1) is 0 Å². The summed E-state index contributed by atoms with van der Waals surface area (Å²) in [6.45, 7) is 0.641. The number of nitrogens with zero attached hydrogens (tertiary/aromatic N) is 1. The van der Waals surface area contributed by atoms with Gasteiger partial charge in [-0.25, -0.2) is 4.98 Å². The third-order valence-electron chi connectivity index (χ3n) is 2.38. The van der Waals surface area contributed by atoms with Crippen molar-refractivity contribution in [1.29, 1.82) is 0 Å². The highest BCUT2D eigenvalue weighted by molar-refractivity contribution is 6.30. The highest BCUT2D eigenvalue weighted by Gasteiger charge is 2.01. The Morgan fingerprint density at radius 3 is 2.69 bits per heavy atom. The smallest absolute Gasteiger partial charge is 0.110 e. The number of aromatic nitrogens is 2. The van der Waals surface area contributed by atoms with Gasteiger partial charge in [-0.2, -0.15) is 0 Å². The summed E-state index contributed by atoms with van der Waals surface area (Å²) in [6, 6.07) is 7.79. The predicted molar refractivity (Wildman–Crippen MR) is 65.6 cm³/mol. The highest BCUT2D eigenvalue weighted by atomic mass is 35.5. The molecule has 0 amide bonds. The summed E-state index contributed by atoms with van der Waals surface area (Å²) in [6.07, 6.45) is 3.48. The molecule has 4 heteroatoms. The molecular weight excluding hydrogens is 222 g/mol. The molecule has 84 valence electrons. The van der Waals surface area contributed by atoms with Crippen LogP contribution < -0.4 is 5.73 Å². The molecule has 1 heterocycles. The van der Waals surface area contributed by atoms with Crippen molar-refractivity contribution in [3.8, 4) is 0 Å².